The highest BCUT2D eigenvalue weighted by Crippen LogP contribution is 2.28. The Bertz CT molecular complexity index is 1210. The number of thiazole rings is 1. The van der Waals surface area contributed by atoms with Crippen LogP contribution in [0, 0.1) is 0 Å². The number of para-hydroxylation sites is 2. The van der Waals surface area contributed by atoms with E-state index in [-0.39, 0.29) is 18.5 Å². The van der Waals surface area contributed by atoms with Crippen molar-refractivity contribution in [1.29, 1.82) is 0 Å². The van der Waals surface area contributed by atoms with Gasteiger partial charge in [0.25, 0.3) is 5.91 Å². The van der Waals surface area contributed by atoms with Gasteiger partial charge in [-0.2, -0.15) is 0 Å². The zero-order valence-electron chi connectivity index (χ0n) is 20.9. The molecular weight excluding hydrogens is 514 g/mol. The number of piperazine rings is 1. The molecule has 3 aromatic rings. The highest BCUT2D eigenvalue weighted by Gasteiger charge is 2.26. The molecule has 0 atom stereocenters. The standard InChI is InChI=1S/C26H30ClN5O4S/c1-35-15-14-32(26(34)28-20-7-5-6-19(27)16-20)17-24-29-21(18-37-24)25(33)31-12-10-30(11-13-31)22-8-3-4-9-23(22)36-2/h3-9,16,18H,10-15,17H2,1-2H3,(H,28,34). The summed E-state index contributed by atoms with van der Waals surface area (Å²) in [5, 5.41) is 5.82. The highest BCUT2D eigenvalue weighted by molar-refractivity contribution is 7.09. The predicted molar refractivity (Wildman–Crippen MR) is 146 cm³/mol. The Morgan fingerprint density at radius 3 is 2.62 bits per heavy atom. The van der Waals surface area contributed by atoms with Crippen molar-refractivity contribution in [3.8, 4) is 5.75 Å². The van der Waals surface area contributed by atoms with Crippen LogP contribution in [0.5, 0.6) is 5.75 Å². The summed E-state index contributed by atoms with van der Waals surface area (Å²) in [6.45, 7) is 3.59. The fourth-order valence-corrected chi connectivity index (χ4v) is 5.04. The zero-order chi connectivity index (χ0) is 26.2. The number of hydrogen-bond acceptors (Lipinski definition) is 7. The molecule has 1 aliphatic rings. The lowest BCUT2D eigenvalue weighted by molar-refractivity contribution is 0.0741. The number of benzene rings is 2. The van der Waals surface area contributed by atoms with Gasteiger partial charge in [-0.05, 0) is 30.3 Å². The Morgan fingerprint density at radius 1 is 1.11 bits per heavy atom. The molecule has 0 aliphatic carbocycles. The van der Waals surface area contributed by atoms with Crippen molar-refractivity contribution in [1.82, 2.24) is 14.8 Å². The minimum atomic E-state index is -0.296. The van der Waals surface area contributed by atoms with Crippen LogP contribution in [0.4, 0.5) is 16.2 Å². The molecule has 0 spiro atoms. The SMILES string of the molecule is COCCN(Cc1nc(C(=O)N2CCN(c3ccccc3OC)CC2)cs1)C(=O)Nc1cccc(Cl)c1. The molecule has 37 heavy (non-hydrogen) atoms. The number of halogens is 1. The van der Waals surface area contributed by atoms with Crippen LogP contribution in [-0.4, -0.2) is 80.3 Å². The molecule has 1 fully saturated rings. The topological polar surface area (TPSA) is 87.2 Å². The van der Waals surface area contributed by atoms with E-state index in [2.05, 4.69) is 15.2 Å². The summed E-state index contributed by atoms with van der Waals surface area (Å²) in [6.07, 6.45) is 0. The number of rotatable bonds is 9. The van der Waals surface area contributed by atoms with E-state index in [0.29, 0.717) is 60.7 Å². The molecule has 1 aliphatic heterocycles. The van der Waals surface area contributed by atoms with Gasteiger partial charge in [-0.15, -0.1) is 11.3 Å². The van der Waals surface area contributed by atoms with Gasteiger partial charge in [-0.25, -0.2) is 9.78 Å². The van der Waals surface area contributed by atoms with Crippen LogP contribution in [-0.2, 0) is 11.3 Å². The first-order chi connectivity index (χ1) is 18.0. The van der Waals surface area contributed by atoms with E-state index in [1.54, 1.807) is 48.8 Å². The summed E-state index contributed by atoms with van der Waals surface area (Å²) in [4.78, 5) is 36.3. The van der Waals surface area contributed by atoms with Crippen molar-refractivity contribution in [2.24, 2.45) is 0 Å². The Labute approximate surface area is 225 Å². The van der Waals surface area contributed by atoms with Crippen molar-refractivity contribution in [3.05, 3.63) is 69.6 Å². The number of anilines is 2. The number of hydrogen-bond donors (Lipinski definition) is 1. The van der Waals surface area contributed by atoms with Crippen LogP contribution in [0.25, 0.3) is 0 Å². The average Bonchev–Trinajstić information content (AvgIpc) is 3.39. The van der Waals surface area contributed by atoms with Gasteiger partial charge in [0.15, 0.2) is 0 Å². The van der Waals surface area contributed by atoms with E-state index in [9.17, 15) is 9.59 Å². The van der Waals surface area contributed by atoms with Crippen LogP contribution in [0.15, 0.2) is 53.9 Å². The lowest BCUT2D eigenvalue weighted by atomic mass is 10.2. The second kappa shape index (κ2) is 12.8. The average molecular weight is 544 g/mol. The molecule has 2 heterocycles. The summed E-state index contributed by atoms with van der Waals surface area (Å²) in [5.74, 6) is 0.720. The number of methoxy groups -OCH3 is 2. The molecule has 0 bridgehead atoms. The molecule has 0 saturated carbocycles. The normalized spacial score (nSPS) is 13.4. The smallest absolute Gasteiger partial charge is 0.322 e. The molecule has 1 aromatic heterocycles. The summed E-state index contributed by atoms with van der Waals surface area (Å²) in [7, 11) is 3.25. The lowest BCUT2D eigenvalue weighted by Gasteiger charge is -2.36. The summed E-state index contributed by atoms with van der Waals surface area (Å²) in [5.41, 5.74) is 2.02. The van der Waals surface area contributed by atoms with E-state index in [1.807, 2.05) is 29.2 Å². The second-order valence-corrected chi connectivity index (χ2v) is 9.81. The lowest BCUT2D eigenvalue weighted by Crippen LogP contribution is -2.49. The van der Waals surface area contributed by atoms with Crippen molar-refractivity contribution in [2.45, 2.75) is 6.54 Å². The van der Waals surface area contributed by atoms with Gasteiger partial charge in [0.05, 0.1) is 25.9 Å². The molecular formula is C26H30ClN5O4S. The minimum Gasteiger partial charge on any atom is -0.495 e. The number of aromatic nitrogens is 1. The van der Waals surface area contributed by atoms with Crippen molar-refractivity contribution < 1.29 is 19.1 Å². The number of nitrogens with one attached hydrogen (secondary N) is 1. The molecule has 9 nitrogen and oxygen atoms in total. The number of urea groups is 1. The first-order valence-electron chi connectivity index (χ1n) is 11.9. The van der Waals surface area contributed by atoms with Crippen molar-refractivity contribution in [2.75, 3.05) is 63.8 Å². The Hall–Kier alpha value is -3.34. The largest absolute Gasteiger partial charge is 0.495 e. The predicted octanol–water partition coefficient (Wildman–Crippen LogP) is 4.45. The van der Waals surface area contributed by atoms with E-state index >= 15 is 0 Å². The quantitative estimate of drug-likeness (QED) is 0.429. The summed E-state index contributed by atoms with van der Waals surface area (Å²) < 4.78 is 10.7. The molecule has 0 unspecified atom stereocenters. The number of amides is 3. The number of nitrogens with zero attached hydrogens (tertiary/aromatic N) is 4. The van der Waals surface area contributed by atoms with Crippen LogP contribution in [0.3, 0.4) is 0 Å². The van der Waals surface area contributed by atoms with Gasteiger partial charge < -0.3 is 29.5 Å². The molecule has 2 aromatic carbocycles. The van der Waals surface area contributed by atoms with Crippen molar-refractivity contribution >= 4 is 46.3 Å². The maximum absolute atomic E-state index is 13.1. The van der Waals surface area contributed by atoms with Gasteiger partial charge in [0.2, 0.25) is 0 Å². The maximum Gasteiger partial charge on any atom is 0.322 e. The molecule has 1 N–H and O–H groups in total. The first kappa shape index (κ1) is 26.7. The second-order valence-electron chi connectivity index (χ2n) is 8.43. The maximum atomic E-state index is 13.1. The Morgan fingerprint density at radius 2 is 1.89 bits per heavy atom. The number of carbonyl (C=O) groups excluding carboxylic acids is 2. The number of carbonyl (C=O) groups is 2. The third kappa shape index (κ3) is 6.91. The van der Waals surface area contributed by atoms with E-state index in [0.717, 1.165) is 11.4 Å². The van der Waals surface area contributed by atoms with Crippen LogP contribution >= 0.6 is 22.9 Å². The van der Waals surface area contributed by atoms with E-state index in [4.69, 9.17) is 21.1 Å². The number of ether oxygens (including phenoxy) is 2. The van der Waals surface area contributed by atoms with E-state index in [1.165, 1.54) is 11.3 Å². The van der Waals surface area contributed by atoms with Gasteiger partial charge in [0.1, 0.15) is 16.5 Å². The molecule has 1 saturated heterocycles. The Balaban J connectivity index is 1.36. The molecule has 4 rings (SSSR count). The summed E-state index contributed by atoms with van der Waals surface area (Å²) in [6, 6.07) is 14.6. The minimum absolute atomic E-state index is 0.103. The van der Waals surface area contributed by atoms with Gasteiger partial charge >= 0.3 is 6.03 Å². The zero-order valence-corrected chi connectivity index (χ0v) is 22.4. The van der Waals surface area contributed by atoms with Crippen LogP contribution < -0.4 is 15.0 Å². The van der Waals surface area contributed by atoms with E-state index < -0.39 is 0 Å². The summed E-state index contributed by atoms with van der Waals surface area (Å²) >= 11 is 7.40. The fraction of sp³-hybridized carbons (Fsp3) is 0.346. The highest BCUT2D eigenvalue weighted by atomic mass is 35.5. The van der Waals surface area contributed by atoms with Gasteiger partial charge in [0, 0.05) is 55.9 Å². The van der Waals surface area contributed by atoms with Gasteiger partial charge in [-0.3, -0.25) is 4.79 Å². The fourth-order valence-electron chi connectivity index (χ4n) is 4.07. The monoisotopic (exact) mass is 543 g/mol. The third-order valence-corrected chi connectivity index (χ3v) is 7.09. The van der Waals surface area contributed by atoms with Crippen LogP contribution in [0.2, 0.25) is 5.02 Å². The molecule has 196 valence electrons. The third-order valence-electron chi connectivity index (χ3n) is 6.02. The molecule has 3 amide bonds. The first-order valence-corrected chi connectivity index (χ1v) is 13.2. The van der Waals surface area contributed by atoms with Crippen molar-refractivity contribution in [3.63, 3.8) is 0 Å². The Kier molecular flexibility index (Phi) is 9.21. The van der Waals surface area contributed by atoms with Gasteiger partial charge in [-0.1, -0.05) is 29.8 Å². The molecule has 0 radical (unpaired) electrons. The van der Waals surface area contributed by atoms with Crippen LogP contribution in [0.1, 0.15) is 15.5 Å². The molecule has 11 heteroatoms.